The number of halogens is 21. The molecule has 0 spiro atoms. The second-order valence-corrected chi connectivity index (χ2v) is 7.89. The highest BCUT2D eigenvalue weighted by atomic mass is 35.5. The Bertz CT molecular complexity index is 888. The highest BCUT2D eigenvalue weighted by molar-refractivity contribution is 6.22. The number of rotatable bonds is 11. The molecular weight excluding hydrogens is 614 g/mol. The summed E-state index contributed by atoms with van der Waals surface area (Å²) in [5, 5.41) is -6.26. The second kappa shape index (κ2) is 8.43. The molecule has 2 nitrogen and oxygen atoms in total. The molecule has 1 aliphatic carbocycles. The van der Waals surface area contributed by atoms with Crippen LogP contribution in [0.1, 0.15) is 12.8 Å². The minimum Gasteiger partial charge on any atom is -0.348 e. The quantitative estimate of drug-likeness (QED) is 0.200. The molecule has 1 N–H and O–H groups in total. The van der Waals surface area contributed by atoms with Crippen LogP contribution in [0.5, 0.6) is 0 Å². The summed E-state index contributed by atoms with van der Waals surface area (Å²) in [6.45, 7) is 0. The summed E-state index contributed by atoms with van der Waals surface area (Å²) in [5.41, 5.74) is 0. The first-order valence-corrected chi connectivity index (χ1v) is 8.91. The van der Waals surface area contributed by atoms with E-state index in [-0.39, 0.29) is 12.8 Å². The van der Waals surface area contributed by atoms with Crippen molar-refractivity contribution in [1.29, 1.82) is 0 Å². The van der Waals surface area contributed by atoms with E-state index in [1.807, 2.05) is 0 Å². The first-order chi connectivity index (χ1) is 15.7. The molecular formula is C14H6ClF20NO. The number of alkyl halides is 21. The average Bonchev–Trinajstić information content (AvgIpc) is 3.49. The number of carbonyl (C=O) groups is 1. The molecule has 0 aromatic rings. The highest BCUT2D eigenvalue weighted by Crippen LogP contribution is 2.66. The number of nitrogens with one attached hydrogen (secondary N) is 1. The second-order valence-electron chi connectivity index (χ2n) is 7.42. The lowest BCUT2D eigenvalue weighted by Crippen LogP contribution is -2.77. The van der Waals surface area contributed by atoms with Crippen molar-refractivity contribution in [3.8, 4) is 0 Å². The van der Waals surface area contributed by atoms with Crippen molar-refractivity contribution < 1.29 is 92.6 Å². The van der Waals surface area contributed by atoms with Gasteiger partial charge in [-0.2, -0.15) is 87.8 Å². The van der Waals surface area contributed by atoms with Crippen LogP contribution >= 0.6 is 11.6 Å². The maximum absolute atomic E-state index is 13.6. The Kier molecular flexibility index (Phi) is 7.60. The number of amides is 1. The van der Waals surface area contributed by atoms with E-state index in [1.165, 1.54) is 0 Å². The molecule has 0 atom stereocenters. The van der Waals surface area contributed by atoms with E-state index in [2.05, 4.69) is 11.6 Å². The summed E-state index contributed by atoms with van der Waals surface area (Å²) in [6, 6.07) is -1.46. The maximum atomic E-state index is 13.6. The molecule has 0 bridgehead atoms. The maximum Gasteiger partial charge on any atom is 0.393 e. The van der Waals surface area contributed by atoms with Crippen LogP contribution in [0, 0.1) is 0 Å². The zero-order chi connectivity index (χ0) is 30.3. The minimum absolute atomic E-state index is 0.292. The summed E-state index contributed by atoms with van der Waals surface area (Å²) < 4.78 is 267. The summed E-state index contributed by atoms with van der Waals surface area (Å²) in [6.07, 6.45) is -0.584. The van der Waals surface area contributed by atoms with E-state index in [9.17, 15) is 92.6 Å². The van der Waals surface area contributed by atoms with Gasteiger partial charge in [-0.15, -0.1) is 0 Å². The molecule has 23 heteroatoms. The Balaban J connectivity index is 3.70. The molecule has 0 aromatic carbocycles. The van der Waals surface area contributed by atoms with Crippen molar-refractivity contribution in [2.75, 3.05) is 0 Å². The number of carbonyl (C=O) groups excluding carboxylic acids is 1. The van der Waals surface area contributed by atoms with Gasteiger partial charge in [-0.3, -0.25) is 4.79 Å². The van der Waals surface area contributed by atoms with E-state index in [0.29, 0.717) is 0 Å². The summed E-state index contributed by atoms with van der Waals surface area (Å²) in [5.74, 6) is -80.7. The molecule has 0 aliphatic heterocycles. The van der Waals surface area contributed by atoms with Gasteiger partial charge in [0.2, 0.25) is 0 Å². The van der Waals surface area contributed by atoms with Gasteiger partial charge in [0.1, 0.15) is 0 Å². The third-order valence-corrected chi connectivity index (χ3v) is 4.95. The van der Waals surface area contributed by atoms with Crippen molar-refractivity contribution >= 4 is 17.5 Å². The lowest BCUT2D eigenvalue weighted by Gasteiger charge is -2.44. The zero-order valence-corrected chi connectivity index (χ0v) is 17.1. The molecule has 1 saturated carbocycles. The van der Waals surface area contributed by atoms with Crippen LogP contribution in [0.15, 0.2) is 0 Å². The summed E-state index contributed by atoms with van der Waals surface area (Å²) in [4.78, 5) is 11.0. The van der Waals surface area contributed by atoms with Gasteiger partial charge < -0.3 is 5.32 Å². The van der Waals surface area contributed by atoms with Gasteiger partial charge in [0.05, 0.1) is 0 Å². The van der Waals surface area contributed by atoms with Gasteiger partial charge in [-0.05, 0) is 24.4 Å². The zero-order valence-electron chi connectivity index (χ0n) is 16.3. The topological polar surface area (TPSA) is 29.1 Å². The van der Waals surface area contributed by atoms with Crippen LogP contribution in [0.25, 0.3) is 0 Å². The molecule has 1 amide bonds. The third kappa shape index (κ3) is 4.22. The smallest absolute Gasteiger partial charge is 0.348 e. The largest absolute Gasteiger partial charge is 0.393 e. The third-order valence-electron chi connectivity index (χ3n) is 4.71. The van der Waals surface area contributed by atoms with Crippen LogP contribution in [0.4, 0.5) is 87.8 Å². The highest BCUT2D eigenvalue weighted by Gasteiger charge is 2.98. The van der Waals surface area contributed by atoms with Gasteiger partial charge in [0.15, 0.2) is 0 Å². The van der Waals surface area contributed by atoms with Crippen molar-refractivity contribution in [2.45, 2.75) is 77.6 Å². The predicted octanol–water partition coefficient (Wildman–Crippen LogP) is 6.81. The summed E-state index contributed by atoms with van der Waals surface area (Å²) in [7, 11) is 0. The molecule has 0 aromatic heterocycles. The first kappa shape index (κ1) is 33.4. The van der Waals surface area contributed by atoms with Crippen molar-refractivity contribution in [1.82, 2.24) is 5.32 Å². The normalized spacial score (nSPS) is 18.2. The molecule has 0 saturated heterocycles. The summed E-state index contributed by atoms with van der Waals surface area (Å²) >= 11 is 3.30. The predicted molar refractivity (Wildman–Crippen MR) is 76.5 cm³/mol. The van der Waals surface area contributed by atoms with E-state index in [0.717, 1.165) is 5.32 Å². The SMILES string of the molecule is O=C(NC1CC1)C(F)(F)C(F)(F)C(F)(F)C(F)(F)C(F)(F)C(F)(F)C(F)(F)C(F)(F)C(F)(F)C(F)(F)Cl. The number of hydrogen-bond acceptors (Lipinski definition) is 1. The van der Waals surface area contributed by atoms with Gasteiger partial charge in [0.25, 0.3) is 5.91 Å². The fourth-order valence-electron chi connectivity index (χ4n) is 2.20. The van der Waals surface area contributed by atoms with Crippen molar-refractivity contribution in [3.05, 3.63) is 0 Å². The Morgan fingerprint density at radius 3 is 0.973 bits per heavy atom. The molecule has 37 heavy (non-hydrogen) atoms. The first-order valence-electron chi connectivity index (χ1n) is 8.53. The standard InChI is InChI=1S/C14H6ClF20NO/c15-14(34,35)13(32,33)12(30,31)11(28,29)10(26,27)9(24,25)8(22,23)7(20,21)6(18,19)5(16,17)4(37)36-3-1-2-3/h3H,1-2H2,(H,36,37). The van der Waals surface area contributed by atoms with E-state index < -0.39 is 70.6 Å². The molecule has 0 unspecified atom stereocenters. The van der Waals surface area contributed by atoms with Crippen molar-refractivity contribution in [3.63, 3.8) is 0 Å². The molecule has 0 heterocycles. The van der Waals surface area contributed by atoms with Crippen LogP contribution in [-0.4, -0.2) is 70.6 Å². The van der Waals surface area contributed by atoms with Crippen LogP contribution in [0.2, 0.25) is 0 Å². The Hall–Kier alpha value is -1.64. The van der Waals surface area contributed by atoms with E-state index >= 15 is 0 Å². The Morgan fingerprint density at radius 2 is 0.730 bits per heavy atom. The minimum atomic E-state index is -9.14. The van der Waals surface area contributed by atoms with Gasteiger partial charge in [-0.1, -0.05) is 0 Å². The fourth-order valence-corrected chi connectivity index (χ4v) is 2.32. The van der Waals surface area contributed by atoms with E-state index in [1.54, 1.807) is 0 Å². The molecule has 220 valence electrons. The van der Waals surface area contributed by atoms with Gasteiger partial charge >= 0.3 is 58.7 Å². The lowest BCUT2D eigenvalue weighted by atomic mass is 9.86. The van der Waals surface area contributed by atoms with Gasteiger partial charge in [-0.25, -0.2) is 0 Å². The molecule has 1 aliphatic rings. The van der Waals surface area contributed by atoms with Gasteiger partial charge in [0, 0.05) is 6.04 Å². The Labute approximate surface area is 194 Å². The lowest BCUT2D eigenvalue weighted by molar-refractivity contribution is -0.464. The number of hydrogen-bond donors (Lipinski definition) is 1. The van der Waals surface area contributed by atoms with Crippen LogP contribution in [-0.2, 0) is 4.79 Å². The molecule has 1 fully saturated rings. The average molecular weight is 620 g/mol. The fraction of sp³-hybridized carbons (Fsp3) is 0.929. The molecule has 1 rings (SSSR count). The van der Waals surface area contributed by atoms with Crippen LogP contribution in [0.3, 0.4) is 0 Å². The Morgan fingerprint density at radius 1 is 0.486 bits per heavy atom. The monoisotopic (exact) mass is 619 g/mol. The van der Waals surface area contributed by atoms with Crippen LogP contribution < -0.4 is 5.32 Å². The van der Waals surface area contributed by atoms with Crippen molar-refractivity contribution in [2.24, 2.45) is 0 Å². The molecule has 0 radical (unpaired) electrons. The van der Waals surface area contributed by atoms with E-state index in [4.69, 9.17) is 0 Å².